The molecule has 1 aliphatic heterocycles. The third-order valence-corrected chi connectivity index (χ3v) is 5.75. The number of nitrogens with zero attached hydrogens (tertiary/aromatic N) is 1. The van der Waals surface area contributed by atoms with Crippen molar-refractivity contribution in [3.8, 4) is 5.75 Å². The van der Waals surface area contributed by atoms with E-state index in [1.807, 2.05) is 65.8 Å². The van der Waals surface area contributed by atoms with Gasteiger partial charge in [-0.15, -0.1) is 0 Å². The van der Waals surface area contributed by atoms with E-state index < -0.39 is 26.9 Å². The van der Waals surface area contributed by atoms with Crippen molar-refractivity contribution in [1.82, 2.24) is 9.62 Å². The molecule has 1 unspecified atom stereocenters. The summed E-state index contributed by atoms with van der Waals surface area (Å²) in [6.45, 7) is 12.1. The summed E-state index contributed by atoms with van der Waals surface area (Å²) in [5.74, 6) is 0.754. The standard InChI is InChI=1S/C19H30N2O4S/c1-17(2,3)25-16(22)21-12-19(13-21,20-26(23)18(4,5)6)14-8-10-15(24-7)11-9-14/h8-11,20H,12-13H2,1-7H3. The van der Waals surface area contributed by atoms with Crippen LogP contribution >= 0.6 is 0 Å². The molecule has 0 aromatic heterocycles. The molecule has 6 nitrogen and oxygen atoms in total. The van der Waals surface area contributed by atoms with Crippen LogP contribution in [0.3, 0.4) is 0 Å². The van der Waals surface area contributed by atoms with Crippen LogP contribution in [0, 0.1) is 0 Å². The van der Waals surface area contributed by atoms with Gasteiger partial charge in [0.25, 0.3) is 0 Å². The summed E-state index contributed by atoms with van der Waals surface area (Å²) >= 11 is 0. The predicted octanol–water partition coefficient (Wildman–Crippen LogP) is 3.19. The Bertz CT molecular complexity index is 668. The minimum Gasteiger partial charge on any atom is -0.497 e. The quantitative estimate of drug-likeness (QED) is 0.868. The lowest BCUT2D eigenvalue weighted by Gasteiger charge is -2.50. The lowest BCUT2D eigenvalue weighted by Crippen LogP contribution is -2.69. The molecule has 0 spiro atoms. The molecule has 26 heavy (non-hydrogen) atoms. The maximum Gasteiger partial charge on any atom is 0.410 e. The highest BCUT2D eigenvalue weighted by Crippen LogP contribution is 2.35. The smallest absolute Gasteiger partial charge is 0.410 e. The van der Waals surface area contributed by atoms with E-state index in [4.69, 9.17) is 9.47 Å². The molecule has 1 aromatic carbocycles. The Hall–Kier alpha value is -1.60. The molecule has 1 N–H and O–H groups in total. The van der Waals surface area contributed by atoms with Gasteiger partial charge in [0, 0.05) is 13.1 Å². The number of hydrogen-bond acceptors (Lipinski definition) is 4. The summed E-state index contributed by atoms with van der Waals surface area (Å²) in [4.78, 5) is 14.0. The van der Waals surface area contributed by atoms with Crippen LogP contribution in [0.25, 0.3) is 0 Å². The average Bonchev–Trinajstić information content (AvgIpc) is 2.47. The van der Waals surface area contributed by atoms with E-state index in [1.165, 1.54) is 0 Å². The second kappa shape index (κ2) is 7.19. The molecule has 1 heterocycles. The first-order valence-electron chi connectivity index (χ1n) is 8.68. The maximum absolute atomic E-state index is 12.7. The predicted molar refractivity (Wildman–Crippen MR) is 104 cm³/mol. The van der Waals surface area contributed by atoms with E-state index in [9.17, 15) is 9.00 Å². The van der Waals surface area contributed by atoms with Crippen LogP contribution in [0.15, 0.2) is 24.3 Å². The minimum absolute atomic E-state index is 0.357. The summed E-state index contributed by atoms with van der Waals surface area (Å²) in [6.07, 6.45) is -0.357. The number of ether oxygens (including phenoxy) is 2. The number of benzene rings is 1. The zero-order chi connectivity index (χ0) is 19.8. The molecule has 1 aliphatic rings. The van der Waals surface area contributed by atoms with E-state index in [-0.39, 0.29) is 6.09 Å². The number of nitrogens with one attached hydrogen (secondary N) is 1. The Morgan fingerprint density at radius 2 is 1.65 bits per heavy atom. The lowest BCUT2D eigenvalue weighted by molar-refractivity contribution is -0.0123. The van der Waals surface area contributed by atoms with E-state index in [0.29, 0.717) is 13.1 Å². The molecule has 0 aliphatic carbocycles. The first kappa shape index (κ1) is 20.7. The van der Waals surface area contributed by atoms with E-state index in [1.54, 1.807) is 12.0 Å². The van der Waals surface area contributed by atoms with Gasteiger partial charge in [-0.3, -0.25) is 0 Å². The molecule has 0 bridgehead atoms. The SMILES string of the molecule is COc1ccc(C2(NS(=O)C(C)(C)C)CN(C(=O)OC(C)(C)C)C2)cc1. The third-order valence-electron chi connectivity index (χ3n) is 4.06. The van der Waals surface area contributed by atoms with Crippen molar-refractivity contribution in [2.75, 3.05) is 20.2 Å². The van der Waals surface area contributed by atoms with E-state index >= 15 is 0 Å². The number of amides is 1. The Labute approximate surface area is 158 Å². The first-order chi connectivity index (χ1) is 11.9. The summed E-state index contributed by atoms with van der Waals surface area (Å²) in [7, 11) is 0.346. The molecular weight excluding hydrogens is 352 g/mol. The van der Waals surface area contributed by atoms with Crippen LogP contribution in [-0.2, 0) is 21.3 Å². The summed E-state index contributed by atoms with van der Waals surface area (Å²) < 4.78 is 26.2. The van der Waals surface area contributed by atoms with Gasteiger partial charge >= 0.3 is 6.09 Å². The molecule has 1 atom stereocenters. The molecule has 2 rings (SSSR count). The van der Waals surface area contributed by atoms with Gasteiger partial charge in [-0.25, -0.2) is 13.7 Å². The Morgan fingerprint density at radius 3 is 2.08 bits per heavy atom. The highest BCUT2D eigenvalue weighted by molar-refractivity contribution is 7.84. The fourth-order valence-electron chi connectivity index (χ4n) is 2.61. The van der Waals surface area contributed by atoms with Crippen LogP contribution in [0.2, 0.25) is 0 Å². The number of carbonyl (C=O) groups excluding carboxylic acids is 1. The van der Waals surface area contributed by atoms with Crippen molar-refractivity contribution >= 4 is 17.1 Å². The van der Waals surface area contributed by atoms with Gasteiger partial charge in [0.1, 0.15) is 11.4 Å². The molecular formula is C19H30N2O4S. The van der Waals surface area contributed by atoms with Crippen molar-refractivity contribution in [2.24, 2.45) is 0 Å². The first-order valence-corrected chi connectivity index (χ1v) is 9.83. The van der Waals surface area contributed by atoms with Gasteiger partial charge in [-0.1, -0.05) is 12.1 Å². The Kier molecular flexibility index (Phi) is 5.73. The van der Waals surface area contributed by atoms with Gasteiger partial charge in [0.05, 0.1) is 28.4 Å². The normalized spacial score (nSPS) is 18.0. The van der Waals surface area contributed by atoms with Crippen LogP contribution in [0.5, 0.6) is 5.75 Å². The fourth-order valence-corrected chi connectivity index (χ4v) is 3.52. The molecule has 1 amide bonds. The second-order valence-corrected chi connectivity index (χ2v) is 10.6. The zero-order valence-corrected chi connectivity index (χ0v) is 17.5. The van der Waals surface area contributed by atoms with Crippen LogP contribution in [0.4, 0.5) is 4.79 Å². The Morgan fingerprint density at radius 1 is 1.12 bits per heavy atom. The van der Waals surface area contributed by atoms with Crippen molar-refractivity contribution in [1.29, 1.82) is 0 Å². The topological polar surface area (TPSA) is 67.9 Å². The van der Waals surface area contributed by atoms with E-state index in [2.05, 4.69) is 4.72 Å². The van der Waals surface area contributed by atoms with Crippen molar-refractivity contribution in [2.45, 2.75) is 57.4 Å². The van der Waals surface area contributed by atoms with Crippen LogP contribution < -0.4 is 9.46 Å². The van der Waals surface area contributed by atoms with Crippen LogP contribution in [0.1, 0.15) is 47.1 Å². The highest BCUT2D eigenvalue weighted by atomic mass is 32.2. The number of hydrogen-bond donors (Lipinski definition) is 1. The summed E-state index contributed by atoms with van der Waals surface area (Å²) in [5, 5.41) is 0. The fraction of sp³-hybridized carbons (Fsp3) is 0.632. The number of rotatable bonds is 4. The average molecular weight is 383 g/mol. The maximum atomic E-state index is 12.7. The molecule has 146 valence electrons. The third kappa shape index (κ3) is 4.76. The van der Waals surface area contributed by atoms with Crippen molar-refractivity contribution in [3.63, 3.8) is 0 Å². The van der Waals surface area contributed by atoms with Crippen molar-refractivity contribution in [3.05, 3.63) is 29.8 Å². The second-order valence-electron chi connectivity index (χ2n) is 8.63. The summed E-state index contributed by atoms with van der Waals surface area (Å²) in [6, 6.07) is 7.63. The number of likely N-dealkylation sites (tertiary alicyclic amines) is 1. The van der Waals surface area contributed by atoms with Gasteiger partial charge in [0.15, 0.2) is 0 Å². The summed E-state index contributed by atoms with van der Waals surface area (Å²) in [5.41, 5.74) is -0.144. The largest absolute Gasteiger partial charge is 0.497 e. The minimum atomic E-state index is -1.27. The number of methoxy groups -OCH3 is 1. The lowest BCUT2D eigenvalue weighted by atomic mass is 9.83. The molecule has 1 fully saturated rings. The van der Waals surface area contributed by atoms with E-state index in [0.717, 1.165) is 11.3 Å². The van der Waals surface area contributed by atoms with Crippen molar-refractivity contribution < 1.29 is 18.5 Å². The molecule has 1 saturated heterocycles. The number of carbonyl (C=O) groups is 1. The molecule has 1 aromatic rings. The zero-order valence-electron chi connectivity index (χ0n) is 16.7. The molecule has 7 heteroatoms. The van der Waals surface area contributed by atoms with Gasteiger partial charge in [0.2, 0.25) is 0 Å². The Balaban J connectivity index is 2.22. The van der Waals surface area contributed by atoms with Gasteiger partial charge in [-0.05, 0) is 59.2 Å². The van der Waals surface area contributed by atoms with Crippen LogP contribution in [-0.4, -0.2) is 45.7 Å². The van der Waals surface area contributed by atoms with Gasteiger partial charge < -0.3 is 14.4 Å². The highest BCUT2D eigenvalue weighted by Gasteiger charge is 2.49. The molecule has 0 radical (unpaired) electrons. The molecule has 0 saturated carbocycles. The van der Waals surface area contributed by atoms with Gasteiger partial charge in [-0.2, -0.15) is 0 Å². The monoisotopic (exact) mass is 382 g/mol.